The maximum atomic E-state index is 13.4. The summed E-state index contributed by atoms with van der Waals surface area (Å²) >= 11 is 5.87. The Bertz CT molecular complexity index is 900. The molecule has 3 aromatic rings. The average molecular weight is 374 g/mol. The van der Waals surface area contributed by atoms with Crippen molar-refractivity contribution in [3.8, 4) is 0 Å². The number of aromatic nitrogens is 2. The molecule has 2 heterocycles. The molecule has 136 valence electrons. The minimum atomic E-state index is -0.440. The predicted octanol–water partition coefficient (Wildman–Crippen LogP) is 4.53. The highest BCUT2D eigenvalue weighted by molar-refractivity contribution is 6.31. The summed E-state index contributed by atoms with van der Waals surface area (Å²) in [5.41, 5.74) is 2.35. The van der Waals surface area contributed by atoms with E-state index in [2.05, 4.69) is 39.6 Å². The third-order valence-electron chi connectivity index (χ3n) is 3.91. The summed E-state index contributed by atoms with van der Waals surface area (Å²) in [5.74, 6) is 0.356. The lowest BCUT2D eigenvalue weighted by Crippen LogP contribution is -2.16. The number of anilines is 3. The summed E-state index contributed by atoms with van der Waals surface area (Å²) in [6.45, 7) is 1.85. The third kappa shape index (κ3) is 4.59. The van der Waals surface area contributed by atoms with Crippen molar-refractivity contribution in [1.29, 1.82) is 0 Å². The Hall–Kier alpha value is -2.44. The summed E-state index contributed by atoms with van der Waals surface area (Å²) in [7, 11) is 4.11. The van der Waals surface area contributed by atoms with Gasteiger partial charge in [-0.15, -0.1) is 0 Å². The van der Waals surface area contributed by atoms with Crippen molar-refractivity contribution in [3.63, 3.8) is 0 Å². The van der Waals surface area contributed by atoms with Crippen LogP contribution in [0.2, 0.25) is 5.02 Å². The van der Waals surface area contributed by atoms with Crippen LogP contribution < -0.4 is 10.6 Å². The van der Waals surface area contributed by atoms with E-state index in [1.165, 1.54) is 6.07 Å². The molecule has 3 rings (SSSR count). The normalized spacial score (nSPS) is 11.1. The van der Waals surface area contributed by atoms with Crippen LogP contribution in [-0.4, -0.2) is 42.1 Å². The molecular weight excluding hydrogens is 353 g/mol. The molecule has 7 heteroatoms. The average Bonchev–Trinajstić information content (AvgIpc) is 2.62. The molecule has 0 atom stereocenters. The minimum Gasteiger partial charge on any atom is -0.370 e. The molecule has 0 radical (unpaired) electrons. The molecular formula is C19H21ClFN5. The van der Waals surface area contributed by atoms with Crippen LogP contribution in [0.3, 0.4) is 0 Å². The Morgan fingerprint density at radius 2 is 2.00 bits per heavy atom. The molecule has 0 aliphatic carbocycles. The lowest BCUT2D eigenvalue weighted by atomic mass is 10.2. The van der Waals surface area contributed by atoms with E-state index in [1.54, 1.807) is 24.5 Å². The van der Waals surface area contributed by atoms with E-state index >= 15 is 0 Å². The van der Waals surface area contributed by atoms with Crippen LogP contribution in [0.25, 0.3) is 10.9 Å². The number of hydrogen-bond donors (Lipinski definition) is 2. The van der Waals surface area contributed by atoms with E-state index in [9.17, 15) is 4.39 Å². The first-order chi connectivity index (χ1) is 12.5. The number of benzene rings is 1. The maximum absolute atomic E-state index is 13.4. The van der Waals surface area contributed by atoms with Gasteiger partial charge in [0.05, 0.1) is 16.7 Å². The zero-order valence-corrected chi connectivity index (χ0v) is 15.5. The molecule has 0 fully saturated rings. The number of nitrogens with one attached hydrogen (secondary N) is 2. The molecule has 2 aromatic heterocycles. The van der Waals surface area contributed by atoms with Gasteiger partial charge in [0.2, 0.25) is 0 Å². The van der Waals surface area contributed by atoms with Crippen molar-refractivity contribution in [2.24, 2.45) is 0 Å². The minimum absolute atomic E-state index is 0.0817. The number of rotatable bonds is 7. The van der Waals surface area contributed by atoms with Gasteiger partial charge in [-0.2, -0.15) is 0 Å². The van der Waals surface area contributed by atoms with Gasteiger partial charge in [-0.3, -0.25) is 4.98 Å². The Kier molecular flexibility index (Phi) is 5.85. The second kappa shape index (κ2) is 8.29. The van der Waals surface area contributed by atoms with Crippen molar-refractivity contribution in [3.05, 3.63) is 53.6 Å². The van der Waals surface area contributed by atoms with E-state index in [0.29, 0.717) is 5.69 Å². The predicted molar refractivity (Wildman–Crippen MR) is 106 cm³/mol. The van der Waals surface area contributed by atoms with Crippen LogP contribution in [0.4, 0.5) is 21.6 Å². The smallest absolute Gasteiger partial charge is 0.141 e. The van der Waals surface area contributed by atoms with Crippen molar-refractivity contribution in [1.82, 2.24) is 14.9 Å². The number of fused-ring (bicyclic) bond motifs is 1. The fourth-order valence-corrected chi connectivity index (χ4v) is 2.78. The summed E-state index contributed by atoms with van der Waals surface area (Å²) in [6.07, 6.45) is 4.48. The Morgan fingerprint density at radius 3 is 2.77 bits per heavy atom. The Labute approximate surface area is 157 Å². The molecule has 26 heavy (non-hydrogen) atoms. The van der Waals surface area contributed by atoms with Crippen LogP contribution in [0.1, 0.15) is 6.42 Å². The second-order valence-corrected chi connectivity index (χ2v) is 6.69. The fraction of sp³-hybridized carbons (Fsp3) is 0.263. The first-order valence-corrected chi connectivity index (χ1v) is 8.76. The quantitative estimate of drug-likeness (QED) is 0.596. The molecule has 0 bridgehead atoms. The zero-order chi connectivity index (χ0) is 18.5. The first-order valence-electron chi connectivity index (χ1n) is 8.38. The van der Waals surface area contributed by atoms with E-state index in [0.717, 1.165) is 41.9 Å². The zero-order valence-electron chi connectivity index (χ0n) is 14.8. The van der Waals surface area contributed by atoms with E-state index in [1.807, 2.05) is 12.1 Å². The van der Waals surface area contributed by atoms with Crippen molar-refractivity contribution < 1.29 is 4.39 Å². The lowest BCUT2D eigenvalue weighted by Gasteiger charge is -2.12. The van der Waals surface area contributed by atoms with Gasteiger partial charge in [-0.05, 0) is 57.4 Å². The fourth-order valence-electron chi connectivity index (χ4n) is 2.60. The summed E-state index contributed by atoms with van der Waals surface area (Å²) in [4.78, 5) is 10.9. The van der Waals surface area contributed by atoms with E-state index < -0.39 is 5.82 Å². The Morgan fingerprint density at radius 1 is 1.15 bits per heavy atom. The third-order valence-corrected chi connectivity index (χ3v) is 4.20. The summed E-state index contributed by atoms with van der Waals surface area (Å²) in [5, 5.41) is 7.62. The van der Waals surface area contributed by atoms with Crippen LogP contribution >= 0.6 is 11.6 Å². The molecule has 5 nitrogen and oxygen atoms in total. The van der Waals surface area contributed by atoms with Crippen LogP contribution in [0.5, 0.6) is 0 Å². The number of hydrogen-bond acceptors (Lipinski definition) is 5. The number of halogens is 2. The summed E-state index contributed by atoms with van der Waals surface area (Å²) in [6, 6.07) is 8.38. The van der Waals surface area contributed by atoms with Crippen LogP contribution in [-0.2, 0) is 0 Å². The Balaban J connectivity index is 1.81. The highest BCUT2D eigenvalue weighted by atomic mass is 35.5. The molecule has 0 aliphatic rings. The molecule has 1 aromatic carbocycles. The van der Waals surface area contributed by atoms with Gasteiger partial charge in [0.1, 0.15) is 11.6 Å². The summed E-state index contributed by atoms with van der Waals surface area (Å²) < 4.78 is 13.4. The van der Waals surface area contributed by atoms with Crippen molar-refractivity contribution in [2.75, 3.05) is 37.8 Å². The monoisotopic (exact) mass is 373 g/mol. The van der Waals surface area contributed by atoms with Gasteiger partial charge in [0.25, 0.3) is 0 Å². The largest absolute Gasteiger partial charge is 0.370 e. The lowest BCUT2D eigenvalue weighted by molar-refractivity contribution is 0.405. The molecule has 0 aliphatic heterocycles. The SMILES string of the molecule is CN(C)CCCNc1cc2c(Nc3ccc(F)c(Cl)c3)ccnc2cn1. The van der Waals surface area contributed by atoms with Gasteiger partial charge in [-0.25, -0.2) is 9.37 Å². The molecule has 0 saturated carbocycles. The molecule has 0 saturated heterocycles. The second-order valence-electron chi connectivity index (χ2n) is 6.28. The van der Waals surface area contributed by atoms with Crippen molar-refractivity contribution >= 4 is 39.7 Å². The van der Waals surface area contributed by atoms with Crippen molar-refractivity contribution in [2.45, 2.75) is 6.42 Å². The maximum Gasteiger partial charge on any atom is 0.141 e. The molecule has 0 unspecified atom stereocenters. The van der Waals surface area contributed by atoms with Gasteiger partial charge in [0, 0.05) is 29.5 Å². The number of pyridine rings is 2. The van der Waals surface area contributed by atoms with E-state index in [-0.39, 0.29) is 5.02 Å². The van der Waals surface area contributed by atoms with Crippen LogP contribution in [0.15, 0.2) is 42.7 Å². The van der Waals surface area contributed by atoms with Gasteiger partial charge < -0.3 is 15.5 Å². The topological polar surface area (TPSA) is 53.1 Å². The van der Waals surface area contributed by atoms with Gasteiger partial charge in [-0.1, -0.05) is 11.6 Å². The van der Waals surface area contributed by atoms with Gasteiger partial charge >= 0.3 is 0 Å². The first kappa shape index (κ1) is 18.4. The highest BCUT2D eigenvalue weighted by Gasteiger charge is 2.07. The van der Waals surface area contributed by atoms with Gasteiger partial charge in [0.15, 0.2) is 0 Å². The van der Waals surface area contributed by atoms with E-state index in [4.69, 9.17) is 11.6 Å². The number of nitrogens with zero attached hydrogens (tertiary/aromatic N) is 3. The standard InChI is InChI=1S/C19H21ClFN5/c1-26(2)9-3-7-23-19-11-14-17(6-8-22-18(14)12-24-19)25-13-4-5-16(21)15(20)10-13/h4-6,8,10-12H,3,7,9H2,1-2H3,(H,22,25)(H,23,24). The molecule has 2 N–H and O–H groups in total. The molecule has 0 amide bonds. The van der Waals surface area contributed by atoms with Crippen LogP contribution in [0, 0.1) is 5.82 Å². The highest BCUT2D eigenvalue weighted by Crippen LogP contribution is 2.28. The molecule has 0 spiro atoms.